The molecule has 0 amide bonds. The second-order valence-electron chi connectivity index (χ2n) is 6.00. The maximum absolute atomic E-state index is 11.7. The number of hydrogen-bond acceptors (Lipinski definition) is 8. The summed E-state index contributed by atoms with van der Waals surface area (Å²) in [7, 11) is 1.32. The van der Waals surface area contributed by atoms with Gasteiger partial charge in [-0.2, -0.15) is 4.98 Å². The first-order chi connectivity index (χ1) is 12.1. The molecule has 8 heteroatoms. The van der Waals surface area contributed by atoms with E-state index >= 15 is 0 Å². The highest BCUT2D eigenvalue weighted by Crippen LogP contribution is 2.16. The van der Waals surface area contributed by atoms with Gasteiger partial charge in [-0.05, 0) is 18.6 Å². The Morgan fingerprint density at radius 1 is 1.28 bits per heavy atom. The van der Waals surface area contributed by atoms with Gasteiger partial charge in [0.15, 0.2) is 5.69 Å². The predicted molar refractivity (Wildman–Crippen MR) is 94.2 cm³/mol. The van der Waals surface area contributed by atoms with Crippen molar-refractivity contribution in [2.45, 2.75) is 13.5 Å². The van der Waals surface area contributed by atoms with Gasteiger partial charge in [0.2, 0.25) is 5.95 Å². The third-order valence-corrected chi connectivity index (χ3v) is 4.28. The summed E-state index contributed by atoms with van der Waals surface area (Å²) in [5.41, 5.74) is 8.28. The van der Waals surface area contributed by atoms with Crippen LogP contribution in [0.25, 0.3) is 0 Å². The minimum Gasteiger partial charge on any atom is -0.464 e. The Kier molecular flexibility index (Phi) is 5.08. The number of aromatic nitrogens is 3. The third-order valence-electron chi connectivity index (χ3n) is 4.28. The van der Waals surface area contributed by atoms with Crippen LogP contribution in [0.2, 0.25) is 0 Å². The number of hydrogen-bond donors (Lipinski definition) is 1. The highest BCUT2D eigenvalue weighted by Gasteiger charge is 2.21. The molecule has 3 rings (SSSR count). The molecule has 0 saturated carbocycles. The molecule has 2 N–H and O–H groups in total. The molecule has 0 aromatic carbocycles. The molecule has 1 aliphatic rings. The SMILES string of the molecule is COC(=O)c1cc(N)nc(N2CCN(Cc3ncccc3C)CC2)n1. The molecule has 25 heavy (non-hydrogen) atoms. The normalized spacial score (nSPS) is 15.2. The Labute approximate surface area is 146 Å². The van der Waals surface area contributed by atoms with Crippen LogP contribution in [0.3, 0.4) is 0 Å². The monoisotopic (exact) mass is 342 g/mol. The zero-order valence-corrected chi connectivity index (χ0v) is 14.5. The molecular formula is C17H22N6O2. The molecule has 1 saturated heterocycles. The number of anilines is 2. The molecule has 0 radical (unpaired) electrons. The summed E-state index contributed by atoms with van der Waals surface area (Å²) in [6.07, 6.45) is 1.83. The molecule has 0 spiro atoms. The van der Waals surface area contributed by atoms with Crippen LogP contribution < -0.4 is 10.6 Å². The summed E-state index contributed by atoms with van der Waals surface area (Å²) in [6.45, 7) is 6.15. The van der Waals surface area contributed by atoms with Crippen LogP contribution in [0.1, 0.15) is 21.7 Å². The molecule has 0 aliphatic carbocycles. The minimum absolute atomic E-state index is 0.177. The van der Waals surface area contributed by atoms with E-state index in [9.17, 15) is 4.79 Å². The summed E-state index contributed by atoms with van der Waals surface area (Å²) in [6, 6.07) is 5.45. The van der Waals surface area contributed by atoms with Crippen molar-refractivity contribution >= 4 is 17.7 Å². The number of carbonyl (C=O) groups is 1. The molecule has 2 aromatic rings. The molecule has 8 nitrogen and oxygen atoms in total. The van der Waals surface area contributed by atoms with Crippen molar-refractivity contribution in [2.24, 2.45) is 0 Å². The largest absolute Gasteiger partial charge is 0.464 e. The van der Waals surface area contributed by atoms with Crippen molar-refractivity contribution in [3.05, 3.63) is 41.3 Å². The minimum atomic E-state index is -0.514. The average molecular weight is 342 g/mol. The highest BCUT2D eigenvalue weighted by atomic mass is 16.5. The van der Waals surface area contributed by atoms with E-state index in [2.05, 4.69) is 32.8 Å². The number of esters is 1. The zero-order chi connectivity index (χ0) is 17.8. The van der Waals surface area contributed by atoms with E-state index in [1.165, 1.54) is 18.7 Å². The number of ether oxygens (including phenoxy) is 1. The van der Waals surface area contributed by atoms with Gasteiger partial charge in [-0.25, -0.2) is 9.78 Å². The van der Waals surface area contributed by atoms with Gasteiger partial charge in [-0.1, -0.05) is 6.07 Å². The smallest absolute Gasteiger partial charge is 0.356 e. The molecule has 0 atom stereocenters. The lowest BCUT2D eigenvalue weighted by Gasteiger charge is -2.34. The van der Waals surface area contributed by atoms with Crippen molar-refractivity contribution in [1.29, 1.82) is 0 Å². The van der Waals surface area contributed by atoms with Crippen LogP contribution in [-0.4, -0.2) is 59.1 Å². The highest BCUT2D eigenvalue weighted by molar-refractivity contribution is 5.88. The first-order valence-corrected chi connectivity index (χ1v) is 8.17. The molecule has 1 fully saturated rings. The van der Waals surface area contributed by atoms with Gasteiger partial charge < -0.3 is 15.4 Å². The fourth-order valence-electron chi connectivity index (χ4n) is 2.81. The van der Waals surface area contributed by atoms with Gasteiger partial charge in [0.05, 0.1) is 12.8 Å². The standard InChI is InChI=1S/C17H22N6O2/c1-12-4-3-5-19-14(12)11-22-6-8-23(9-7-22)17-20-13(16(24)25-2)10-15(18)21-17/h3-5,10H,6-9,11H2,1-2H3,(H2,18,20,21). The Hall–Kier alpha value is -2.74. The Morgan fingerprint density at radius 3 is 2.72 bits per heavy atom. The van der Waals surface area contributed by atoms with E-state index in [-0.39, 0.29) is 11.5 Å². The first kappa shape index (κ1) is 17.1. The van der Waals surface area contributed by atoms with Crippen LogP contribution in [-0.2, 0) is 11.3 Å². The molecule has 0 bridgehead atoms. The number of methoxy groups -OCH3 is 1. The lowest BCUT2D eigenvalue weighted by atomic mass is 10.2. The molecule has 1 aliphatic heterocycles. The Bertz CT molecular complexity index is 759. The number of pyridine rings is 1. The maximum Gasteiger partial charge on any atom is 0.356 e. The van der Waals surface area contributed by atoms with E-state index in [1.54, 1.807) is 0 Å². The topological polar surface area (TPSA) is 97.5 Å². The number of rotatable bonds is 4. The van der Waals surface area contributed by atoms with Gasteiger partial charge in [-0.3, -0.25) is 9.88 Å². The van der Waals surface area contributed by atoms with Gasteiger partial charge >= 0.3 is 5.97 Å². The summed E-state index contributed by atoms with van der Waals surface area (Å²) in [4.78, 5) is 29.1. The lowest BCUT2D eigenvalue weighted by Crippen LogP contribution is -2.46. The fraction of sp³-hybridized carbons (Fsp3) is 0.412. The molecule has 2 aromatic heterocycles. The first-order valence-electron chi connectivity index (χ1n) is 8.17. The van der Waals surface area contributed by atoms with Gasteiger partial charge in [0, 0.05) is 45.0 Å². The third kappa shape index (κ3) is 4.03. The summed E-state index contributed by atoms with van der Waals surface area (Å²) >= 11 is 0. The molecule has 132 valence electrons. The number of nitrogens with two attached hydrogens (primary N) is 1. The second-order valence-corrected chi connectivity index (χ2v) is 6.00. The summed E-state index contributed by atoms with van der Waals surface area (Å²) < 4.78 is 4.71. The van der Waals surface area contributed by atoms with E-state index in [0.717, 1.165) is 38.4 Å². The molecule has 3 heterocycles. The second kappa shape index (κ2) is 7.43. The van der Waals surface area contributed by atoms with E-state index in [4.69, 9.17) is 10.5 Å². The lowest BCUT2D eigenvalue weighted by molar-refractivity contribution is 0.0594. The maximum atomic E-state index is 11.7. The zero-order valence-electron chi connectivity index (χ0n) is 14.5. The van der Waals surface area contributed by atoms with Crippen molar-refractivity contribution in [3.63, 3.8) is 0 Å². The van der Waals surface area contributed by atoms with E-state index < -0.39 is 5.97 Å². The number of aryl methyl sites for hydroxylation is 1. The number of piperazine rings is 1. The van der Waals surface area contributed by atoms with Crippen LogP contribution in [0.15, 0.2) is 24.4 Å². The van der Waals surface area contributed by atoms with Crippen LogP contribution in [0, 0.1) is 6.92 Å². The summed E-state index contributed by atoms with van der Waals surface area (Å²) in [5.74, 6) is 0.214. The Morgan fingerprint density at radius 2 is 2.04 bits per heavy atom. The molecule has 0 unspecified atom stereocenters. The predicted octanol–water partition coefficient (Wildman–Crippen LogP) is 0.871. The van der Waals surface area contributed by atoms with Gasteiger partial charge in [0.25, 0.3) is 0 Å². The van der Waals surface area contributed by atoms with Crippen molar-refractivity contribution < 1.29 is 9.53 Å². The van der Waals surface area contributed by atoms with Crippen LogP contribution in [0.4, 0.5) is 11.8 Å². The van der Waals surface area contributed by atoms with Crippen molar-refractivity contribution in [3.8, 4) is 0 Å². The number of nitrogen functional groups attached to an aromatic ring is 1. The van der Waals surface area contributed by atoms with E-state index in [1.807, 2.05) is 17.2 Å². The van der Waals surface area contributed by atoms with Gasteiger partial charge in [-0.15, -0.1) is 0 Å². The Balaban J connectivity index is 1.65. The van der Waals surface area contributed by atoms with Crippen LogP contribution in [0.5, 0.6) is 0 Å². The summed E-state index contributed by atoms with van der Waals surface area (Å²) in [5, 5.41) is 0. The fourth-order valence-corrected chi connectivity index (χ4v) is 2.81. The van der Waals surface area contributed by atoms with Crippen molar-refractivity contribution in [2.75, 3.05) is 43.9 Å². The number of nitrogens with zero attached hydrogens (tertiary/aromatic N) is 5. The molecular weight excluding hydrogens is 320 g/mol. The average Bonchev–Trinajstić information content (AvgIpc) is 2.63. The van der Waals surface area contributed by atoms with Gasteiger partial charge in [0.1, 0.15) is 5.82 Å². The van der Waals surface area contributed by atoms with Crippen molar-refractivity contribution in [1.82, 2.24) is 19.9 Å². The quantitative estimate of drug-likeness (QED) is 0.818. The van der Waals surface area contributed by atoms with E-state index in [0.29, 0.717) is 5.95 Å². The number of carbonyl (C=O) groups excluding carboxylic acids is 1. The van der Waals surface area contributed by atoms with Crippen LogP contribution >= 0.6 is 0 Å².